The Morgan fingerprint density at radius 2 is 1.44 bits per heavy atom. The first-order valence-corrected chi connectivity index (χ1v) is 19.9. The summed E-state index contributed by atoms with van der Waals surface area (Å²) >= 11 is 0. The average molecular weight is 693 g/mol. The van der Waals surface area contributed by atoms with Gasteiger partial charge in [-0.3, -0.25) is 4.79 Å². The van der Waals surface area contributed by atoms with Crippen molar-refractivity contribution in [1.82, 2.24) is 4.90 Å². The molecule has 8 heteroatoms. The number of ether oxygens (including phenoxy) is 4. The van der Waals surface area contributed by atoms with Crippen molar-refractivity contribution in [2.75, 3.05) is 38.2 Å². The monoisotopic (exact) mass is 692 g/mol. The van der Waals surface area contributed by atoms with Gasteiger partial charge >= 0.3 is 0 Å². The highest BCUT2D eigenvalue weighted by atomic mass is 16.7. The molecule has 50 heavy (non-hydrogen) atoms. The van der Waals surface area contributed by atoms with Gasteiger partial charge in [-0.15, -0.1) is 0 Å². The third kappa shape index (κ3) is 11.9. The maximum absolute atomic E-state index is 12.9. The maximum Gasteiger partial charge on any atom is 0.224 e. The van der Waals surface area contributed by atoms with Crippen LogP contribution in [0.3, 0.4) is 0 Å². The van der Waals surface area contributed by atoms with E-state index < -0.39 is 12.1 Å². The van der Waals surface area contributed by atoms with Crippen molar-refractivity contribution in [3.05, 3.63) is 65.2 Å². The number of benzene rings is 2. The molecule has 3 aliphatic heterocycles. The minimum atomic E-state index is -0.575. The van der Waals surface area contributed by atoms with Crippen LogP contribution in [0.2, 0.25) is 0 Å². The number of nitrogens with zero attached hydrogens (tertiary/aromatic N) is 1. The highest BCUT2D eigenvalue weighted by molar-refractivity contribution is 5.90. The Labute approximate surface area is 301 Å². The molecule has 1 unspecified atom stereocenters. The van der Waals surface area contributed by atoms with E-state index in [1.165, 1.54) is 70.6 Å². The molecule has 8 nitrogen and oxygen atoms in total. The van der Waals surface area contributed by atoms with Crippen LogP contribution in [0.1, 0.15) is 146 Å². The van der Waals surface area contributed by atoms with E-state index in [-0.39, 0.29) is 30.6 Å². The lowest BCUT2D eigenvalue weighted by Gasteiger charge is -2.44. The summed E-state index contributed by atoms with van der Waals surface area (Å²) in [5, 5.41) is 12.7. The summed E-state index contributed by atoms with van der Waals surface area (Å²) in [5.74, 6) is -0.248. The standard InChI is InChI=1S/C42H64N2O6/c1-3-4-5-6-7-8-9-10-11-12-13-14-15-19-39(46)43-37-18-16-17-36(30-37)41-49-38(31-44-26-24-42(25-27-44)47-28-29-48-42)33(2)40(50-41)35-22-20-34(32-45)21-23-35/h16-18,20-23,30,33,38,40-41,45H,3-15,19,24-29,31-32H2,1-2H3,(H,43,46)/t33-,38+,40+,41?/m0/s1. The van der Waals surface area contributed by atoms with Gasteiger partial charge in [0.1, 0.15) is 0 Å². The van der Waals surface area contributed by atoms with Gasteiger partial charge in [0, 0.05) is 56.1 Å². The number of carbonyl (C=O) groups excluding carboxylic acids is 1. The number of rotatable bonds is 20. The highest BCUT2D eigenvalue weighted by Gasteiger charge is 2.43. The van der Waals surface area contributed by atoms with E-state index in [2.05, 4.69) is 36.2 Å². The van der Waals surface area contributed by atoms with Crippen LogP contribution < -0.4 is 5.32 Å². The molecule has 0 bridgehead atoms. The van der Waals surface area contributed by atoms with E-state index >= 15 is 0 Å². The molecule has 0 aliphatic carbocycles. The Hall–Kier alpha value is -2.33. The molecule has 0 radical (unpaired) electrons. The van der Waals surface area contributed by atoms with Gasteiger partial charge in [0.05, 0.1) is 32.0 Å². The van der Waals surface area contributed by atoms with Crippen LogP contribution in [0, 0.1) is 5.92 Å². The van der Waals surface area contributed by atoms with Crippen molar-refractivity contribution in [2.24, 2.45) is 5.92 Å². The van der Waals surface area contributed by atoms with Gasteiger partial charge in [0.25, 0.3) is 0 Å². The lowest BCUT2D eigenvalue weighted by molar-refractivity contribution is -0.278. The zero-order valence-electron chi connectivity index (χ0n) is 30.9. The number of piperidine rings is 1. The molecule has 4 atom stereocenters. The van der Waals surface area contributed by atoms with E-state index in [1.807, 2.05) is 36.4 Å². The van der Waals surface area contributed by atoms with Crippen molar-refractivity contribution >= 4 is 11.6 Å². The SMILES string of the molecule is CCCCCCCCCCCCCCCC(=O)Nc1cccc(C2O[C@H](CN3CCC4(CC3)OCCO4)[C@H](C)[C@H](c3ccc(CO)cc3)O2)c1. The molecule has 3 fully saturated rings. The molecular weight excluding hydrogens is 628 g/mol. The number of nitrogens with one attached hydrogen (secondary N) is 1. The van der Waals surface area contributed by atoms with Crippen molar-refractivity contribution in [1.29, 1.82) is 0 Å². The van der Waals surface area contributed by atoms with E-state index in [9.17, 15) is 9.90 Å². The summed E-state index contributed by atoms with van der Waals surface area (Å²) < 4.78 is 25.4. The van der Waals surface area contributed by atoms with E-state index in [0.717, 1.165) is 67.7 Å². The fourth-order valence-corrected chi connectivity index (χ4v) is 7.73. The lowest BCUT2D eigenvalue weighted by atomic mass is 9.89. The smallest absolute Gasteiger partial charge is 0.224 e. The normalized spacial score (nSPS) is 23.7. The molecule has 0 aromatic heterocycles. The Bertz CT molecular complexity index is 1260. The molecule has 3 aliphatic rings. The van der Waals surface area contributed by atoms with Crippen molar-refractivity contribution in [3.63, 3.8) is 0 Å². The molecule has 1 amide bonds. The second-order valence-electron chi connectivity index (χ2n) is 14.9. The molecule has 3 heterocycles. The van der Waals surface area contributed by atoms with Gasteiger partial charge in [0.2, 0.25) is 5.91 Å². The lowest BCUT2D eigenvalue weighted by Crippen LogP contribution is -2.50. The first-order chi connectivity index (χ1) is 24.5. The van der Waals surface area contributed by atoms with Crippen LogP contribution in [0.5, 0.6) is 0 Å². The largest absolute Gasteiger partial charge is 0.392 e. The minimum absolute atomic E-state index is 0.0114. The zero-order valence-corrected chi connectivity index (χ0v) is 30.9. The Balaban J connectivity index is 1.10. The van der Waals surface area contributed by atoms with Crippen LogP contribution >= 0.6 is 0 Å². The topological polar surface area (TPSA) is 89.5 Å². The van der Waals surface area contributed by atoms with Crippen LogP contribution in [-0.4, -0.2) is 60.7 Å². The molecular formula is C42H64N2O6. The third-order valence-electron chi connectivity index (χ3n) is 10.9. The van der Waals surface area contributed by atoms with Gasteiger partial charge < -0.3 is 34.3 Å². The van der Waals surface area contributed by atoms with Crippen molar-refractivity contribution in [3.8, 4) is 0 Å². The molecule has 278 valence electrons. The molecule has 2 aromatic rings. The number of anilines is 1. The number of carbonyl (C=O) groups is 1. The molecule has 3 saturated heterocycles. The maximum atomic E-state index is 12.9. The first kappa shape index (κ1) is 38.9. The van der Waals surface area contributed by atoms with Gasteiger partial charge in [-0.2, -0.15) is 0 Å². The Morgan fingerprint density at radius 3 is 2.06 bits per heavy atom. The number of aliphatic hydroxyl groups is 1. The van der Waals surface area contributed by atoms with Gasteiger partial charge in [0.15, 0.2) is 12.1 Å². The summed E-state index contributed by atoms with van der Waals surface area (Å²) in [6, 6.07) is 15.9. The van der Waals surface area contributed by atoms with Crippen molar-refractivity contribution < 1.29 is 28.8 Å². The number of aliphatic hydroxyl groups excluding tert-OH is 1. The van der Waals surface area contributed by atoms with Gasteiger partial charge in [-0.25, -0.2) is 0 Å². The quantitative estimate of drug-likeness (QED) is 0.134. The van der Waals surface area contributed by atoms with Gasteiger partial charge in [-0.05, 0) is 29.7 Å². The zero-order chi connectivity index (χ0) is 35.0. The van der Waals surface area contributed by atoms with E-state index in [1.54, 1.807) is 0 Å². The summed E-state index contributed by atoms with van der Waals surface area (Å²) in [4.78, 5) is 15.3. The van der Waals surface area contributed by atoms with Crippen LogP contribution in [0.15, 0.2) is 48.5 Å². The van der Waals surface area contributed by atoms with E-state index in [0.29, 0.717) is 19.6 Å². The molecule has 2 N–H and O–H groups in total. The predicted molar refractivity (Wildman–Crippen MR) is 199 cm³/mol. The fraction of sp³-hybridized carbons (Fsp3) is 0.690. The molecule has 1 spiro atoms. The van der Waals surface area contributed by atoms with Crippen LogP contribution in [0.25, 0.3) is 0 Å². The minimum Gasteiger partial charge on any atom is -0.392 e. The predicted octanol–water partition coefficient (Wildman–Crippen LogP) is 9.23. The molecule has 0 saturated carbocycles. The summed E-state index contributed by atoms with van der Waals surface area (Å²) in [6.45, 7) is 8.43. The number of amides is 1. The number of hydrogen-bond acceptors (Lipinski definition) is 7. The third-order valence-corrected chi connectivity index (χ3v) is 10.9. The number of hydrogen-bond donors (Lipinski definition) is 2. The second-order valence-corrected chi connectivity index (χ2v) is 14.9. The van der Waals surface area contributed by atoms with Crippen LogP contribution in [-0.2, 0) is 30.3 Å². The second kappa shape index (κ2) is 20.6. The summed E-state index contributed by atoms with van der Waals surface area (Å²) in [6.07, 6.45) is 18.3. The fourth-order valence-electron chi connectivity index (χ4n) is 7.73. The van der Waals surface area contributed by atoms with E-state index in [4.69, 9.17) is 18.9 Å². The Kier molecular flexibility index (Phi) is 16.1. The molecule has 2 aromatic carbocycles. The van der Waals surface area contributed by atoms with Gasteiger partial charge in [-0.1, -0.05) is 127 Å². The number of unbranched alkanes of at least 4 members (excludes halogenated alkanes) is 12. The Morgan fingerprint density at radius 1 is 0.820 bits per heavy atom. The highest BCUT2D eigenvalue weighted by Crippen LogP contribution is 2.43. The first-order valence-electron chi connectivity index (χ1n) is 19.9. The summed E-state index contributed by atoms with van der Waals surface area (Å²) in [7, 11) is 0. The van der Waals surface area contributed by atoms with Crippen LogP contribution in [0.4, 0.5) is 5.69 Å². The molecule has 5 rings (SSSR count). The summed E-state index contributed by atoms with van der Waals surface area (Å²) in [5.41, 5.74) is 3.61. The number of likely N-dealkylation sites (tertiary alicyclic amines) is 1. The average Bonchev–Trinajstić information content (AvgIpc) is 3.60. The van der Waals surface area contributed by atoms with Crippen molar-refractivity contribution in [2.45, 2.75) is 147 Å².